The number of rotatable bonds is 4. The van der Waals surface area contributed by atoms with E-state index < -0.39 is 0 Å². The van der Waals surface area contributed by atoms with E-state index in [0.717, 1.165) is 43.3 Å². The van der Waals surface area contributed by atoms with Crippen molar-refractivity contribution in [1.82, 2.24) is 0 Å². The summed E-state index contributed by atoms with van der Waals surface area (Å²) in [4.78, 5) is 12.5. The number of hydrogen-bond acceptors (Lipinski definition) is 2. The van der Waals surface area contributed by atoms with Gasteiger partial charge in [0.15, 0.2) is 5.78 Å². The standard InChI is InChI=1S/C19H28O2/c1-5-10-19-14(4)16(11-13(3)6-2)17(20)12-15(19)8-7-9-18(19)21/h5,11-14,18,21H,1,6-10H2,2-4H3. The van der Waals surface area contributed by atoms with Crippen molar-refractivity contribution in [2.24, 2.45) is 17.3 Å². The van der Waals surface area contributed by atoms with Gasteiger partial charge in [-0.05, 0) is 49.2 Å². The molecule has 2 nitrogen and oxygen atoms in total. The van der Waals surface area contributed by atoms with Crippen LogP contribution in [-0.2, 0) is 4.79 Å². The summed E-state index contributed by atoms with van der Waals surface area (Å²) in [6, 6.07) is 0. The highest BCUT2D eigenvalue weighted by Crippen LogP contribution is 2.54. The molecule has 1 N–H and O–H groups in total. The molecule has 0 spiro atoms. The number of aliphatic hydroxyl groups is 1. The second kappa shape index (κ2) is 6.31. The Hall–Kier alpha value is -1.15. The number of aliphatic hydroxyl groups excluding tert-OH is 1. The first-order chi connectivity index (χ1) is 9.97. The quantitative estimate of drug-likeness (QED) is 0.621. The van der Waals surface area contributed by atoms with Crippen LogP contribution in [0.2, 0.25) is 0 Å². The molecule has 1 fully saturated rings. The van der Waals surface area contributed by atoms with Crippen LogP contribution in [-0.4, -0.2) is 17.0 Å². The Morgan fingerprint density at radius 2 is 2.29 bits per heavy atom. The zero-order chi connectivity index (χ0) is 15.6. The van der Waals surface area contributed by atoms with Gasteiger partial charge < -0.3 is 5.11 Å². The van der Waals surface area contributed by atoms with Gasteiger partial charge in [-0.25, -0.2) is 0 Å². The first kappa shape index (κ1) is 16.2. The maximum absolute atomic E-state index is 12.5. The second-order valence-electron chi connectivity index (χ2n) is 6.70. The maximum Gasteiger partial charge on any atom is 0.181 e. The molecule has 21 heavy (non-hydrogen) atoms. The third-order valence-corrected chi connectivity index (χ3v) is 5.54. The summed E-state index contributed by atoms with van der Waals surface area (Å²) >= 11 is 0. The minimum atomic E-state index is -0.376. The van der Waals surface area contributed by atoms with E-state index in [1.807, 2.05) is 6.08 Å². The summed E-state index contributed by atoms with van der Waals surface area (Å²) in [5.41, 5.74) is 1.71. The summed E-state index contributed by atoms with van der Waals surface area (Å²) in [6.45, 7) is 10.3. The fraction of sp³-hybridized carbons (Fsp3) is 0.632. The van der Waals surface area contributed by atoms with E-state index >= 15 is 0 Å². The summed E-state index contributed by atoms with van der Waals surface area (Å²) in [5, 5.41) is 10.7. The Morgan fingerprint density at radius 1 is 1.57 bits per heavy atom. The van der Waals surface area contributed by atoms with Crippen molar-refractivity contribution < 1.29 is 9.90 Å². The lowest BCUT2D eigenvalue weighted by Gasteiger charge is -2.50. The molecule has 2 aliphatic carbocycles. The molecule has 1 saturated carbocycles. The van der Waals surface area contributed by atoms with E-state index in [1.165, 1.54) is 0 Å². The predicted octanol–water partition coefficient (Wildman–Crippen LogP) is 4.21. The molecule has 0 amide bonds. The molecule has 2 rings (SSSR count). The average Bonchev–Trinajstić information content (AvgIpc) is 2.46. The molecule has 0 bridgehead atoms. The van der Waals surface area contributed by atoms with E-state index in [-0.39, 0.29) is 23.2 Å². The molecule has 4 unspecified atom stereocenters. The Morgan fingerprint density at radius 3 is 2.90 bits per heavy atom. The summed E-state index contributed by atoms with van der Waals surface area (Å²) in [7, 11) is 0. The fourth-order valence-corrected chi connectivity index (χ4v) is 4.03. The van der Waals surface area contributed by atoms with Crippen LogP contribution < -0.4 is 0 Å². The minimum absolute atomic E-state index is 0.0623. The van der Waals surface area contributed by atoms with Crippen molar-refractivity contribution in [2.45, 2.75) is 59.0 Å². The van der Waals surface area contributed by atoms with Crippen molar-refractivity contribution in [3.05, 3.63) is 36.0 Å². The molecule has 0 aromatic rings. The Labute approximate surface area is 128 Å². The molecule has 4 atom stereocenters. The van der Waals surface area contributed by atoms with Crippen LogP contribution in [0.5, 0.6) is 0 Å². The highest BCUT2D eigenvalue weighted by atomic mass is 16.3. The molecule has 0 aromatic heterocycles. The van der Waals surface area contributed by atoms with Gasteiger partial charge in [0, 0.05) is 5.41 Å². The van der Waals surface area contributed by atoms with Crippen LogP contribution in [0.25, 0.3) is 0 Å². The molecule has 2 heteroatoms. The van der Waals surface area contributed by atoms with Crippen molar-refractivity contribution >= 4 is 5.78 Å². The van der Waals surface area contributed by atoms with Gasteiger partial charge in [0.2, 0.25) is 0 Å². The molecule has 0 aromatic carbocycles. The van der Waals surface area contributed by atoms with Crippen molar-refractivity contribution in [3.63, 3.8) is 0 Å². The minimum Gasteiger partial charge on any atom is -0.392 e. The van der Waals surface area contributed by atoms with Gasteiger partial charge in [-0.15, -0.1) is 6.58 Å². The van der Waals surface area contributed by atoms with Crippen LogP contribution in [0.1, 0.15) is 52.9 Å². The lowest BCUT2D eigenvalue weighted by atomic mass is 9.55. The van der Waals surface area contributed by atoms with Crippen molar-refractivity contribution in [2.75, 3.05) is 0 Å². The molecule has 2 aliphatic rings. The summed E-state index contributed by atoms with van der Waals surface area (Å²) in [5.74, 6) is 0.599. The molecule has 0 aliphatic heterocycles. The molecule has 0 heterocycles. The number of fused-ring (bicyclic) bond motifs is 1. The van der Waals surface area contributed by atoms with E-state index in [9.17, 15) is 9.90 Å². The van der Waals surface area contributed by atoms with Gasteiger partial charge in [-0.3, -0.25) is 4.79 Å². The van der Waals surface area contributed by atoms with E-state index in [2.05, 4.69) is 33.4 Å². The average molecular weight is 288 g/mol. The van der Waals surface area contributed by atoms with Gasteiger partial charge in [0.25, 0.3) is 0 Å². The van der Waals surface area contributed by atoms with Gasteiger partial charge in [0.05, 0.1) is 6.10 Å². The number of allylic oxidation sites excluding steroid dienone is 4. The molecular formula is C19H28O2. The third kappa shape index (κ3) is 2.66. The van der Waals surface area contributed by atoms with Crippen molar-refractivity contribution in [1.29, 1.82) is 0 Å². The maximum atomic E-state index is 12.5. The zero-order valence-electron chi connectivity index (χ0n) is 13.6. The van der Waals surface area contributed by atoms with Crippen LogP contribution in [0.3, 0.4) is 0 Å². The topological polar surface area (TPSA) is 37.3 Å². The molecule has 0 saturated heterocycles. The van der Waals surface area contributed by atoms with Crippen LogP contribution in [0, 0.1) is 17.3 Å². The predicted molar refractivity (Wildman–Crippen MR) is 86.9 cm³/mol. The van der Waals surface area contributed by atoms with Gasteiger partial charge in [-0.1, -0.05) is 44.9 Å². The molecule has 116 valence electrons. The monoisotopic (exact) mass is 288 g/mol. The fourth-order valence-electron chi connectivity index (χ4n) is 4.03. The SMILES string of the molecule is C=CCC12C(=CC(=O)C(=CC(C)CC)C1C)CCCC2O. The first-order valence-electron chi connectivity index (χ1n) is 8.23. The third-order valence-electron chi connectivity index (χ3n) is 5.54. The lowest BCUT2D eigenvalue weighted by Crippen LogP contribution is -2.48. The second-order valence-corrected chi connectivity index (χ2v) is 6.70. The zero-order valence-corrected chi connectivity index (χ0v) is 13.6. The highest BCUT2D eigenvalue weighted by Gasteiger charge is 2.50. The van der Waals surface area contributed by atoms with E-state index in [1.54, 1.807) is 6.08 Å². The van der Waals surface area contributed by atoms with E-state index in [4.69, 9.17) is 0 Å². The molecule has 0 radical (unpaired) electrons. The van der Waals surface area contributed by atoms with Crippen LogP contribution in [0.4, 0.5) is 0 Å². The van der Waals surface area contributed by atoms with E-state index in [0.29, 0.717) is 5.92 Å². The van der Waals surface area contributed by atoms with Crippen molar-refractivity contribution in [3.8, 4) is 0 Å². The van der Waals surface area contributed by atoms with Gasteiger partial charge in [-0.2, -0.15) is 0 Å². The summed E-state index contributed by atoms with van der Waals surface area (Å²) < 4.78 is 0. The molecular weight excluding hydrogens is 260 g/mol. The van der Waals surface area contributed by atoms with Crippen LogP contribution in [0.15, 0.2) is 36.0 Å². The van der Waals surface area contributed by atoms with Gasteiger partial charge in [0.1, 0.15) is 0 Å². The largest absolute Gasteiger partial charge is 0.392 e. The van der Waals surface area contributed by atoms with Gasteiger partial charge >= 0.3 is 0 Å². The number of carbonyl (C=O) groups is 1. The number of hydrogen-bond donors (Lipinski definition) is 1. The number of carbonyl (C=O) groups excluding carboxylic acids is 1. The smallest absolute Gasteiger partial charge is 0.181 e. The Balaban J connectivity index is 2.53. The highest BCUT2D eigenvalue weighted by molar-refractivity contribution is 6.06. The normalized spacial score (nSPS) is 36.1. The Kier molecular flexibility index (Phi) is 4.88. The summed E-state index contributed by atoms with van der Waals surface area (Å²) in [6.07, 6.45) is 9.93. The number of ketones is 1. The lowest BCUT2D eigenvalue weighted by molar-refractivity contribution is -0.114. The van der Waals surface area contributed by atoms with Crippen LogP contribution >= 0.6 is 0 Å². The first-order valence-corrected chi connectivity index (χ1v) is 8.23. The Bertz CT molecular complexity index is 486.